The number of nitrogens with one attached hydrogen (secondary N) is 1. The lowest BCUT2D eigenvalue weighted by Gasteiger charge is -2.30. The van der Waals surface area contributed by atoms with E-state index in [9.17, 15) is 10.1 Å². The lowest BCUT2D eigenvalue weighted by molar-refractivity contribution is -0.384. The van der Waals surface area contributed by atoms with Gasteiger partial charge in [0.05, 0.1) is 17.1 Å². The van der Waals surface area contributed by atoms with E-state index >= 15 is 0 Å². The molecule has 0 fully saturated rings. The second-order valence-electron chi connectivity index (χ2n) is 4.85. The monoisotopic (exact) mass is 285 g/mol. The molecule has 3 N–H and O–H groups in total. The SMILES string of the molecule is NNc1cc([N+](=O)[O-])cc(N2CCCc3ccccc32)n1. The molecule has 1 aliphatic rings. The van der Waals surface area contributed by atoms with Gasteiger partial charge in [-0.2, -0.15) is 0 Å². The first-order chi connectivity index (χ1) is 10.2. The van der Waals surface area contributed by atoms with Crippen LogP contribution in [0.15, 0.2) is 36.4 Å². The lowest BCUT2D eigenvalue weighted by atomic mass is 10.0. The fraction of sp³-hybridized carbons (Fsp3) is 0.214. The number of nitro groups is 1. The van der Waals surface area contributed by atoms with Crippen LogP contribution in [0.4, 0.5) is 23.0 Å². The molecule has 1 aliphatic heterocycles. The van der Waals surface area contributed by atoms with E-state index in [0.29, 0.717) is 5.82 Å². The minimum atomic E-state index is -0.443. The number of hydrazine groups is 1. The molecule has 0 radical (unpaired) electrons. The maximum atomic E-state index is 11.0. The number of nitrogens with two attached hydrogens (primary N) is 1. The van der Waals surface area contributed by atoms with E-state index in [-0.39, 0.29) is 11.5 Å². The second kappa shape index (κ2) is 5.37. The molecule has 108 valence electrons. The Hall–Kier alpha value is -2.67. The highest BCUT2D eigenvalue weighted by atomic mass is 16.6. The Balaban J connectivity index is 2.09. The van der Waals surface area contributed by atoms with Crippen molar-refractivity contribution in [3.8, 4) is 0 Å². The summed E-state index contributed by atoms with van der Waals surface area (Å²) in [6, 6.07) is 10.8. The molecule has 0 aliphatic carbocycles. The van der Waals surface area contributed by atoms with E-state index in [4.69, 9.17) is 5.84 Å². The Morgan fingerprint density at radius 1 is 1.33 bits per heavy atom. The molecule has 2 aromatic rings. The van der Waals surface area contributed by atoms with Crippen LogP contribution in [0.3, 0.4) is 0 Å². The summed E-state index contributed by atoms with van der Waals surface area (Å²) in [5.41, 5.74) is 4.61. The van der Waals surface area contributed by atoms with Crippen molar-refractivity contribution in [2.75, 3.05) is 16.9 Å². The summed E-state index contributed by atoms with van der Waals surface area (Å²) in [6.07, 6.45) is 1.98. The van der Waals surface area contributed by atoms with Crippen LogP contribution in [0.5, 0.6) is 0 Å². The Bertz CT molecular complexity index is 689. The zero-order valence-electron chi connectivity index (χ0n) is 11.3. The van der Waals surface area contributed by atoms with Crippen LogP contribution in [-0.2, 0) is 6.42 Å². The molecule has 3 rings (SSSR count). The first kappa shape index (κ1) is 13.3. The largest absolute Gasteiger partial charge is 0.326 e. The molecule has 0 saturated heterocycles. The van der Waals surface area contributed by atoms with Crippen molar-refractivity contribution in [3.63, 3.8) is 0 Å². The fourth-order valence-corrected chi connectivity index (χ4v) is 2.59. The standard InChI is InChI=1S/C14H15N5O2/c15-17-13-8-11(19(20)21)9-14(16-13)18-7-3-5-10-4-1-2-6-12(10)18/h1-2,4,6,8-9H,3,5,7,15H2,(H,16,17). The number of aromatic nitrogens is 1. The number of hydrogen-bond acceptors (Lipinski definition) is 6. The Kier molecular flexibility index (Phi) is 3.41. The maximum absolute atomic E-state index is 11.0. The summed E-state index contributed by atoms with van der Waals surface area (Å²) in [4.78, 5) is 16.9. The van der Waals surface area contributed by atoms with Crippen molar-refractivity contribution in [2.45, 2.75) is 12.8 Å². The Morgan fingerprint density at radius 2 is 2.14 bits per heavy atom. The molecule has 21 heavy (non-hydrogen) atoms. The van der Waals surface area contributed by atoms with Gasteiger partial charge in [-0.25, -0.2) is 10.8 Å². The highest BCUT2D eigenvalue weighted by Crippen LogP contribution is 2.34. The first-order valence-corrected chi connectivity index (χ1v) is 6.67. The fourth-order valence-electron chi connectivity index (χ4n) is 2.59. The summed E-state index contributed by atoms with van der Waals surface area (Å²) >= 11 is 0. The predicted octanol–water partition coefficient (Wildman–Crippen LogP) is 2.36. The highest BCUT2D eigenvalue weighted by molar-refractivity contribution is 5.68. The van der Waals surface area contributed by atoms with Gasteiger partial charge < -0.3 is 10.3 Å². The third kappa shape index (κ3) is 2.50. The number of nitrogen functional groups attached to an aromatic ring is 1. The van der Waals surface area contributed by atoms with Gasteiger partial charge in [0.15, 0.2) is 0 Å². The molecule has 7 nitrogen and oxygen atoms in total. The summed E-state index contributed by atoms with van der Waals surface area (Å²) in [5.74, 6) is 6.17. The molecular weight excluding hydrogens is 270 g/mol. The van der Waals surface area contributed by atoms with E-state index in [1.54, 1.807) is 0 Å². The van der Waals surface area contributed by atoms with Gasteiger partial charge in [0.2, 0.25) is 0 Å². The molecule has 0 amide bonds. The molecule has 2 heterocycles. The number of fused-ring (bicyclic) bond motifs is 1. The highest BCUT2D eigenvalue weighted by Gasteiger charge is 2.21. The van der Waals surface area contributed by atoms with Crippen LogP contribution < -0.4 is 16.2 Å². The topological polar surface area (TPSA) is 97.3 Å². The van der Waals surface area contributed by atoms with E-state index < -0.39 is 4.92 Å². The first-order valence-electron chi connectivity index (χ1n) is 6.67. The lowest BCUT2D eigenvalue weighted by Crippen LogP contribution is -2.25. The van der Waals surface area contributed by atoms with Crippen LogP contribution in [0.2, 0.25) is 0 Å². The van der Waals surface area contributed by atoms with Crippen molar-refractivity contribution >= 4 is 23.0 Å². The zero-order chi connectivity index (χ0) is 14.8. The van der Waals surface area contributed by atoms with Crippen molar-refractivity contribution < 1.29 is 4.92 Å². The Labute approximate surface area is 121 Å². The smallest absolute Gasteiger partial charge is 0.276 e. The van der Waals surface area contributed by atoms with E-state index in [2.05, 4.69) is 16.5 Å². The number of anilines is 3. The number of hydrogen-bond donors (Lipinski definition) is 2. The molecule has 0 spiro atoms. The molecule has 0 saturated carbocycles. The summed E-state index contributed by atoms with van der Waals surface area (Å²) in [5, 5.41) is 11.0. The van der Waals surface area contributed by atoms with Crippen LogP contribution in [0.1, 0.15) is 12.0 Å². The van der Waals surface area contributed by atoms with Crippen molar-refractivity contribution in [3.05, 3.63) is 52.1 Å². The molecular formula is C14H15N5O2. The third-order valence-electron chi connectivity index (χ3n) is 3.54. The van der Waals surface area contributed by atoms with Gasteiger partial charge in [-0.1, -0.05) is 18.2 Å². The zero-order valence-corrected chi connectivity index (χ0v) is 11.3. The molecule has 1 aromatic carbocycles. The van der Waals surface area contributed by atoms with Crippen molar-refractivity contribution in [1.82, 2.24) is 4.98 Å². The average Bonchev–Trinajstić information content (AvgIpc) is 2.53. The van der Waals surface area contributed by atoms with Crippen LogP contribution in [-0.4, -0.2) is 16.5 Å². The molecule has 1 aromatic heterocycles. The van der Waals surface area contributed by atoms with Crippen LogP contribution in [0.25, 0.3) is 0 Å². The van der Waals surface area contributed by atoms with Crippen molar-refractivity contribution in [1.29, 1.82) is 0 Å². The molecule has 0 unspecified atom stereocenters. The van der Waals surface area contributed by atoms with E-state index in [1.165, 1.54) is 17.7 Å². The summed E-state index contributed by atoms with van der Waals surface area (Å²) in [7, 11) is 0. The van der Waals surface area contributed by atoms with Gasteiger partial charge in [-0.3, -0.25) is 10.1 Å². The number of aryl methyl sites for hydroxylation is 1. The number of pyridine rings is 1. The van der Waals surface area contributed by atoms with E-state index in [1.807, 2.05) is 23.1 Å². The van der Waals surface area contributed by atoms with Crippen LogP contribution in [0, 0.1) is 10.1 Å². The van der Waals surface area contributed by atoms with Gasteiger partial charge in [-0.15, -0.1) is 0 Å². The number of benzene rings is 1. The van der Waals surface area contributed by atoms with Crippen LogP contribution >= 0.6 is 0 Å². The summed E-state index contributed by atoms with van der Waals surface area (Å²) in [6.45, 7) is 0.773. The van der Waals surface area contributed by atoms with Gasteiger partial charge in [0.25, 0.3) is 5.69 Å². The quantitative estimate of drug-likeness (QED) is 0.510. The predicted molar refractivity (Wildman–Crippen MR) is 80.5 cm³/mol. The second-order valence-corrected chi connectivity index (χ2v) is 4.85. The van der Waals surface area contributed by atoms with Crippen molar-refractivity contribution in [2.24, 2.45) is 5.84 Å². The van der Waals surface area contributed by atoms with Gasteiger partial charge >= 0.3 is 0 Å². The third-order valence-corrected chi connectivity index (χ3v) is 3.54. The minimum Gasteiger partial charge on any atom is -0.326 e. The maximum Gasteiger partial charge on any atom is 0.276 e. The Morgan fingerprint density at radius 3 is 2.90 bits per heavy atom. The number of nitrogens with zero attached hydrogens (tertiary/aromatic N) is 3. The van der Waals surface area contributed by atoms with Gasteiger partial charge in [0.1, 0.15) is 11.6 Å². The molecule has 7 heteroatoms. The number of para-hydroxylation sites is 1. The average molecular weight is 285 g/mol. The van der Waals surface area contributed by atoms with Gasteiger partial charge in [-0.05, 0) is 24.5 Å². The minimum absolute atomic E-state index is 0.0315. The molecule has 0 bridgehead atoms. The van der Waals surface area contributed by atoms with Gasteiger partial charge in [0, 0.05) is 12.2 Å². The number of rotatable bonds is 3. The molecule has 0 atom stereocenters. The summed E-state index contributed by atoms with van der Waals surface area (Å²) < 4.78 is 0. The van der Waals surface area contributed by atoms with E-state index in [0.717, 1.165) is 25.1 Å². The normalized spacial score (nSPS) is 13.7.